The minimum absolute atomic E-state index is 0.0538. The van der Waals surface area contributed by atoms with Crippen molar-refractivity contribution >= 4 is 46.1 Å². The fourth-order valence-corrected chi connectivity index (χ4v) is 2.01. The van der Waals surface area contributed by atoms with Crippen LogP contribution >= 0.6 is 24.4 Å². The second-order valence-corrected chi connectivity index (χ2v) is 5.48. The highest BCUT2D eigenvalue weighted by atomic mass is 32.1. The zero-order chi connectivity index (χ0) is 17.4. The molecule has 0 bridgehead atoms. The summed E-state index contributed by atoms with van der Waals surface area (Å²) in [5.74, 6) is 0. The van der Waals surface area contributed by atoms with Crippen LogP contribution in [0.25, 0.3) is 0 Å². The molecular formula is C16H16N6S2. The Bertz CT molecular complexity index is 704. The molecule has 0 radical (unpaired) electrons. The summed E-state index contributed by atoms with van der Waals surface area (Å²) in [5.41, 5.74) is 18.9. The first-order valence-electron chi connectivity index (χ1n) is 6.95. The smallest absolute Gasteiger partial charge is 0.184 e. The van der Waals surface area contributed by atoms with E-state index in [1.807, 2.05) is 60.7 Å². The van der Waals surface area contributed by atoms with Gasteiger partial charge in [0.05, 0.1) is 0 Å². The third kappa shape index (κ3) is 5.11. The Balaban J connectivity index is 2.56. The number of thiocarbonyl (C=S) groups is 2. The molecule has 0 unspecified atom stereocenters. The summed E-state index contributed by atoms with van der Waals surface area (Å²) >= 11 is 9.67. The average Bonchev–Trinajstić information content (AvgIpc) is 2.59. The SMILES string of the molecule is NC(=S)N/N=C(\C(=N\NC(N)=S)c1ccccc1)c1ccccc1. The second-order valence-electron chi connectivity index (χ2n) is 4.60. The monoisotopic (exact) mass is 356 g/mol. The van der Waals surface area contributed by atoms with Crippen molar-refractivity contribution in [1.82, 2.24) is 10.9 Å². The largest absolute Gasteiger partial charge is 0.375 e. The molecule has 0 saturated carbocycles. The number of hydrazone groups is 2. The van der Waals surface area contributed by atoms with Gasteiger partial charge in [-0.1, -0.05) is 60.7 Å². The van der Waals surface area contributed by atoms with Gasteiger partial charge >= 0.3 is 0 Å². The Kier molecular flexibility index (Phi) is 6.35. The van der Waals surface area contributed by atoms with E-state index in [1.54, 1.807) is 0 Å². The van der Waals surface area contributed by atoms with Crippen LogP contribution in [-0.2, 0) is 0 Å². The van der Waals surface area contributed by atoms with Crippen LogP contribution in [0.2, 0.25) is 0 Å². The van der Waals surface area contributed by atoms with E-state index >= 15 is 0 Å². The van der Waals surface area contributed by atoms with Crippen LogP contribution < -0.4 is 22.3 Å². The minimum Gasteiger partial charge on any atom is -0.375 e. The lowest BCUT2D eigenvalue weighted by Crippen LogP contribution is -2.31. The van der Waals surface area contributed by atoms with Crippen LogP contribution in [0.5, 0.6) is 0 Å². The van der Waals surface area contributed by atoms with E-state index in [9.17, 15) is 0 Å². The molecule has 122 valence electrons. The number of hydrogen-bond acceptors (Lipinski definition) is 4. The summed E-state index contributed by atoms with van der Waals surface area (Å²) in [6.45, 7) is 0. The quantitative estimate of drug-likeness (QED) is 0.368. The molecule has 0 spiro atoms. The summed E-state index contributed by atoms with van der Waals surface area (Å²) in [5, 5.41) is 8.70. The van der Waals surface area contributed by atoms with Crippen molar-refractivity contribution < 1.29 is 0 Å². The molecule has 0 heterocycles. The predicted octanol–water partition coefficient (Wildman–Crippen LogP) is 1.46. The third-order valence-corrected chi connectivity index (χ3v) is 3.06. The molecule has 0 atom stereocenters. The van der Waals surface area contributed by atoms with Gasteiger partial charge in [-0.2, -0.15) is 10.2 Å². The van der Waals surface area contributed by atoms with Gasteiger partial charge in [-0.05, 0) is 24.4 Å². The second kappa shape index (κ2) is 8.70. The summed E-state index contributed by atoms with van der Waals surface area (Å²) in [6.07, 6.45) is 0. The van der Waals surface area contributed by atoms with Crippen molar-refractivity contribution in [2.45, 2.75) is 0 Å². The zero-order valence-corrected chi connectivity index (χ0v) is 14.3. The van der Waals surface area contributed by atoms with Crippen LogP contribution in [0.4, 0.5) is 0 Å². The Hall–Kier alpha value is -2.84. The lowest BCUT2D eigenvalue weighted by Gasteiger charge is -2.11. The number of nitrogens with zero attached hydrogens (tertiary/aromatic N) is 2. The van der Waals surface area contributed by atoms with E-state index in [-0.39, 0.29) is 10.2 Å². The van der Waals surface area contributed by atoms with E-state index in [0.29, 0.717) is 11.4 Å². The summed E-state index contributed by atoms with van der Waals surface area (Å²) in [6, 6.07) is 19.0. The molecule has 8 heteroatoms. The van der Waals surface area contributed by atoms with Crippen molar-refractivity contribution in [3.8, 4) is 0 Å². The molecule has 6 N–H and O–H groups in total. The number of nitrogens with one attached hydrogen (secondary N) is 2. The first-order chi connectivity index (χ1) is 11.6. The summed E-state index contributed by atoms with van der Waals surface area (Å²) in [4.78, 5) is 0. The molecule has 0 fully saturated rings. The van der Waals surface area contributed by atoms with Crippen LogP contribution in [0.15, 0.2) is 70.9 Å². The molecule has 0 aliphatic heterocycles. The summed E-state index contributed by atoms with van der Waals surface area (Å²) in [7, 11) is 0. The number of hydrogen-bond donors (Lipinski definition) is 4. The van der Waals surface area contributed by atoms with Gasteiger partial charge in [0.25, 0.3) is 0 Å². The number of nitrogens with two attached hydrogens (primary N) is 2. The molecule has 2 aromatic carbocycles. The molecule has 0 aliphatic carbocycles. The van der Waals surface area contributed by atoms with Crippen LogP contribution in [0.1, 0.15) is 11.1 Å². The van der Waals surface area contributed by atoms with Crippen molar-refractivity contribution in [2.75, 3.05) is 0 Å². The molecule has 24 heavy (non-hydrogen) atoms. The zero-order valence-electron chi connectivity index (χ0n) is 12.6. The highest BCUT2D eigenvalue weighted by Gasteiger charge is 2.15. The molecule has 2 aromatic rings. The average molecular weight is 356 g/mol. The number of benzene rings is 2. The van der Waals surface area contributed by atoms with Crippen LogP contribution in [0.3, 0.4) is 0 Å². The Morgan fingerprint density at radius 2 is 1.00 bits per heavy atom. The molecule has 6 nitrogen and oxygen atoms in total. The van der Waals surface area contributed by atoms with E-state index in [0.717, 1.165) is 11.1 Å². The van der Waals surface area contributed by atoms with Gasteiger partial charge in [-0.3, -0.25) is 10.9 Å². The highest BCUT2D eigenvalue weighted by molar-refractivity contribution is 7.80. The first kappa shape index (κ1) is 17.5. The van der Waals surface area contributed by atoms with Gasteiger partial charge in [0.2, 0.25) is 0 Å². The van der Waals surface area contributed by atoms with Gasteiger partial charge in [0.15, 0.2) is 10.2 Å². The van der Waals surface area contributed by atoms with Crippen LogP contribution in [-0.4, -0.2) is 21.6 Å². The normalized spacial score (nSPS) is 11.7. The van der Waals surface area contributed by atoms with E-state index in [4.69, 9.17) is 35.9 Å². The van der Waals surface area contributed by atoms with Gasteiger partial charge in [0, 0.05) is 11.1 Å². The summed E-state index contributed by atoms with van der Waals surface area (Å²) < 4.78 is 0. The Morgan fingerprint density at radius 1 is 0.667 bits per heavy atom. The Labute approximate surface area is 150 Å². The standard InChI is InChI=1S/C16H16N6S2/c17-15(23)21-19-13(11-7-3-1-4-8-11)14(20-22-16(18)24)12-9-5-2-6-10-12/h1-10H,(H3,17,21,23)(H3,18,22,24)/b19-13-,20-14+. The van der Waals surface area contributed by atoms with Gasteiger partial charge in [-0.15, -0.1) is 0 Å². The van der Waals surface area contributed by atoms with Crippen molar-refractivity contribution in [1.29, 1.82) is 0 Å². The van der Waals surface area contributed by atoms with Crippen molar-refractivity contribution in [2.24, 2.45) is 21.7 Å². The maximum Gasteiger partial charge on any atom is 0.184 e. The van der Waals surface area contributed by atoms with E-state index < -0.39 is 0 Å². The van der Waals surface area contributed by atoms with E-state index in [1.165, 1.54) is 0 Å². The molecule has 0 aliphatic rings. The predicted molar refractivity (Wildman–Crippen MR) is 106 cm³/mol. The Morgan fingerprint density at radius 3 is 1.29 bits per heavy atom. The lowest BCUT2D eigenvalue weighted by molar-refractivity contribution is 1.02. The third-order valence-electron chi connectivity index (χ3n) is 2.87. The fourth-order valence-electron chi connectivity index (χ4n) is 1.92. The molecule has 0 saturated heterocycles. The maximum atomic E-state index is 5.50. The van der Waals surface area contributed by atoms with Crippen LogP contribution in [0, 0.1) is 0 Å². The van der Waals surface area contributed by atoms with E-state index in [2.05, 4.69) is 21.1 Å². The van der Waals surface area contributed by atoms with Gasteiger partial charge in [-0.25, -0.2) is 0 Å². The van der Waals surface area contributed by atoms with Crippen molar-refractivity contribution in [3.63, 3.8) is 0 Å². The molecular weight excluding hydrogens is 340 g/mol. The maximum absolute atomic E-state index is 5.50. The molecule has 0 aromatic heterocycles. The highest BCUT2D eigenvalue weighted by Crippen LogP contribution is 2.10. The van der Waals surface area contributed by atoms with Gasteiger partial charge in [0.1, 0.15) is 11.4 Å². The molecule has 2 rings (SSSR count). The topological polar surface area (TPSA) is 101 Å². The molecule has 0 amide bonds. The number of rotatable bonds is 5. The fraction of sp³-hybridized carbons (Fsp3) is 0. The first-order valence-corrected chi connectivity index (χ1v) is 7.77. The van der Waals surface area contributed by atoms with Gasteiger partial charge < -0.3 is 11.5 Å². The minimum atomic E-state index is 0.0538. The lowest BCUT2D eigenvalue weighted by atomic mass is 10.00. The van der Waals surface area contributed by atoms with Crippen molar-refractivity contribution in [3.05, 3.63) is 71.8 Å².